The summed E-state index contributed by atoms with van der Waals surface area (Å²) in [6.45, 7) is 4.89. The minimum absolute atomic E-state index is 0.589. The van der Waals surface area contributed by atoms with Crippen molar-refractivity contribution in [2.45, 2.75) is 51.6 Å². The Morgan fingerprint density at radius 1 is 1.31 bits per heavy atom. The first-order valence-corrected chi connectivity index (χ1v) is 5.13. The van der Waals surface area contributed by atoms with E-state index in [9.17, 15) is 9.59 Å². The molecule has 1 unspecified atom stereocenters. The van der Waals surface area contributed by atoms with Crippen LogP contribution in [0.4, 0.5) is 0 Å². The molecule has 0 amide bonds. The number of hydrogen-bond acceptors (Lipinski definition) is 4. The van der Waals surface area contributed by atoms with Gasteiger partial charge < -0.3 is 21.7 Å². The highest BCUT2D eigenvalue weighted by Crippen LogP contribution is 1.97. The fraction of sp³-hybridized carbons (Fsp3) is 0.800. The Bertz CT molecular complexity index is 223. The van der Waals surface area contributed by atoms with E-state index in [0.717, 1.165) is 12.8 Å². The summed E-state index contributed by atoms with van der Waals surface area (Å²) in [5.74, 6) is -1.88. The lowest BCUT2D eigenvalue weighted by molar-refractivity contribution is -0.142. The highest BCUT2D eigenvalue weighted by Gasteiger charge is 2.19. The van der Waals surface area contributed by atoms with Crippen molar-refractivity contribution in [1.82, 2.24) is 0 Å². The van der Waals surface area contributed by atoms with Gasteiger partial charge in [-0.15, -0.1) is 0 Å². The van der Waals surface area contributed by atoms with Crippen LogP contribution in [0.15, 0.2) is 0 Å². The molecule has 0 heterocycles. The second kappa shape index (κ2) is 8.06. The number of carboxylic acid groups (broad SMARTS) is 2. The van der Waals surface area contributed by atoms with Crippen LogP contribution in [-0.2, 0) is 9.59 Å². The van der Waals surface area contributed by atoms with E-state index in [1.54, 1.807) is 0 Å². The average Bonchev–Trinajstić information content (AvgIpc) is 2.13. The van der Waals surface area contributed by atoms with Gasteiger partial charge in [-0.1, -0.05) is 19.8 Å². The maximum Gasteiger partial charge on any atom is 0.323 e. The summed E-state index contributed by atoms with van der Waals surface area (Å²) in [6, 6.07) is -0.662. The van der Waals surface area contributed by atoms with Gasteiger partial charge in [-0.05, 0) is 20.3 Å². The van der Waals surface area contributed by atoms with Gasteiger partial charge in [-0.25, -0.2) is 0 Å². The van der Waals surface area contributed by atoms with Gasteiger partial charge >= 0.3 is 11.9 Å². The number of nitrogens with two attached hydrogens (primary N) is 2. The summed E-state index contributed by atoms with van der Waals surface area (Å²) in [4.78, 5) is 20.0. The molecule has 0 aliphatic heterocycles. The third-order valence-electron chi connectivity index (χ3n) is 1.74. The van der Waals surface area contributed by atoms with Gasteiger partial charge in [-0.2, -0.15) is 0 Å². The maximum absolute atomic E-state index is 10.1. The molecule has 0 rings (SSSR count). The number of carbonyl (C=O) groups is 2. The molecule has 96 valence electrons. The van der Waals surface area contributed by atoms with Gasteiger partial charge in [0.2, 0.25) is 0 Å². The Morgan fingerprint density at radius 2 is 1.69 bits per heavy atom. The topological polar surface area (TPSA) is 127 Å². The first-order chi connectivity index (χ1) is 7.12. The van der Waals surface area contributed by atoms with Gasteiger partial charge in [0.05, 0.1) is 0 Å². The Labute approximate surface area is 95.6 Å². The van der Waals surface area contributed by atoms with Crippen LogP contribution < -0.4 is 11.5 Å². The molecule has 0 bridgehead atoms. The van der Waals surface area contributed by atoms with Gasteiger partial charge in [0, 0.05) is 0 Å². The van der Waals surface area contributed by atoms with Crippen LogP contribution in [0.25, 0.3) is 0 Å². The second-order valence-corrected chi connectivity index (χ2v) is 4.11. The predicted molar refractivity (Wildman–Crippen MR) is 61.0 cm³/mol. The summed E-state index contributed by atoms with van der Waals surface area (Å²) in [7, 11) is 0. The number of carboxylic acids is 2. The van der Waals surface area contributed by atoms with Gasteiger partial charge in [0.1, 0.15) is 11.6 Å². The molecule has 0 aromatic heterocycles. The van der Waals surface area contributed by atoms with Crippen molar-refractivity contribution in [3.05, 3.63) is 0 Å². The van der Waals surface area contributed by atoms with Crippen molar-refractivity contribution >= 4 is 11.9 Å². The molecule has 0 fully saturated rings. The fourth-order valence-electron chi connectivity index (χ4n) is 0.548. The molecule has 0 aliphatic carbocycles. The molecule has 0 spiro atoms. The molecule has 0 saturated heterocycles. The molecule has 0 saturated carbocycles. The van der Waals surface area contributed by atoms with E-state index < -0.39 is 23.5 Å². The third-order valence-corrected chi connectivity index (χ3v) is 1.74. The van der Waals surface area contributed by atoms with Crippen molar-refractivity contribution < 1.29 is 19.8 Å². The van der Waals surface area contributed by atoms with Crippen LogP contribution in [0.1, 0.15) is 40.0 Å². The smallest absolute Gasteiger partial charge is 0.323 e. The molecular formula is C10H22N2O4. The minimum atomic E-state index is -1.08. The zero-order valence-electron chi connectivity index (χ0n) is 10.1. The number of aliphatic carboxylic acids is 2. The third kappa shape index (κ3) is 10.9. The van der Waals surface area contributed by atoms with Gasteiger partial charge in [0.25, 0.3) is 0 Å². The van der Waals surface area contributed by atoms with E-state index in [0.29, 0.717) is 6.42 Å². The van der Waals surface area contributed by atoms with E-state index in [1.165, 1.54) is 13.8 Å². The zero-order chi connectivity index (χ0) is 13.4. The summed E-state index contributed by atoms with van der Waals surface area (Å²) >= 11 is 0. The SMILES string of the molecule is CC(C)(N)C(=O)O.CCCCC(N)C(=O)O. The van der Waals surface area contributed by atoms with Crippen molar-refractivity contribution in [2.24, 2.45) is 11.5 Å². The lowest BCUT2D eigenvalue weighted by Crippen LogP contribution is -2.41. The Kier molecular flexibility index (Phi) is 8.70. The summed E-state index contributed by atoms with van der Waals surface area (Å²) in [5.41, 5.74) is 9.20. The minimum Gasteiger partial charge on any atom is -0.480 e. The van der Waals surface area contributed by atoms with Crippen molar-refractivity contribution in [3.8, 4) is 0 Å². The van der Waals surface area contributed by atoms with Crippen molar-refractivity contribution in [3.63, 3.8) is 0 Å². The van der Waals surface area contributed by atoms with Crippen molar-refractivity contribution in [2.75, 3.05) is 0 Å². The molecular weight excluding hydrogens is 212 g/mol. The molecule has 6 heteroatoms. The molecule has 0 aromatic rings. The molecule has 1 atom stereocenters. The largest absolute Gasteiger partial charge is 0.480 e. The lowest BCUT2D eigenvalue weighted by Gasteiger charge is -2.09. The van der Waals surface area contributed by atoms with E-state index in [-0.39, 0.29) is 0 Å². The van der Waals surface area contributed by atoms with E-state index in [1.807, 2.05) is 6.92 Å². The zero-order valence-corrected chi connectivity index (χ0v) is 10.1. The Balaban J connectivity index is 0. The number of rotatable bonds is 5. The number of unbranched alkanes of at least 4 members (excludes halogenated alkanes) is 1. The van der Waals surface area contributed by atoms with Crippen LogP contribution in [0.3, 0.4) is 0 Å². The summed E-state index contributed by atoms with van der Waals surface area (Å²) in [5, 5.41) is 16.4. The molecule has 0 aromatic carbocycles. The average molecular weight is 234 g/mol. The Hall–Kier alpha value is -1.14. The van der Waals surface area contributed by atoms with Gasteiger partial charge in [0.15, 0.2) is 0 Å². The number of hydrogen-bond donors (Lipinski definition) is 4. The van der Waals surface area contributed by atoms with Crippen LogP contribution in [0, 0.1) is 0 Å². The Morgan fingerprint density at radius 3 is 1.88 bits per heavy atom. The monoisotopic (exact) mass is 234 g/mol. The quantitative estimate of drug-likeness (QED) is 0.545. The second-order valence-electron chi connectivity index (χ2n) is 4.11. The van der Waals surface area contributed by atoms with E-state index >= 15 is 0 Å². The van der Waals surface area contributed by atoms with E-state index in [2.05, 4.69) is 0 Å². The fourth-order valence-corrected chi connectivity index (χ4v) is 0.548. The molecule has 0 aliphatic rings. The molecule has 0 radical (unpaired) electrons. The first kappa shape index (κ1) is 17.3. The van der Waals surface area contributed by atoms with Gasteiger partial charge in [-0.3, -0.25) is 9.59 Å². The lowest BCUT2D eigenvalue weighted by atomic mass is 10.1. The predicted octanol–water partition coefficient (Wildman–Crippen LogP) is 0.397. The van der Waals surface area contributed by atoms with Crippen LogP contribution in [0.2, 0.25) is 0 Å². The molecule has 6 N–H and O–H groups in total. The standard InChI is InChI=1S/C6H13NO2.C4H9NO2/c1-2-3-4-5(7)6(8)9;1-4(2,5)3(6)7/h5H,2-4,7H2,1H3,(H,8,9);5H2,1-2H3,(H,6,7). The molecule has 16 heavy (non-hydrogen) atoms. The summed E-state index contributed by atoms with van der Waals surface area (Å²) in [6.07, 6.45) is 2.49. The van der Waals surface area contributed by atoms with Crippen LogP contribution >= 0.6 is 0 Å². The first-order valence-electron chi connectivity index (χ1n) is 5.13. The van der Waals surface area contributed by atoms with Crippen LogP contribution in [-0.4, -0.2) is 33.7 Å². The normalized spacial score (nSPS) is 12.3. The highest BCUT2D eigenvalue weighted by molar-refractivity contribution is 5.77. The highest BCUT2D eigenvalue weighted by atomic mass is 16.4. The van der Waals surface area contributed by atoms with Crippen LogP contribution in [0.5, 0.6) is 0 Å². The molecule has 6 nitrogen and oxygen atoms in total. The van der Waals surface area contributed by atoms with Crippen molar-refractivity contribution in [1.29, 1.82) is 0 Å². The summed E-state index contributed by atoms with van der Waals surface area (Å²) < 4.78 is 0. The maximum atomic E-state index is 10.1. The van der Waals surface area contributed by atoms with E-state index in [4.69, 9.17) is 21.7 Å².